The number of unbranched alkanes of at least 4 members (excludes halogenated alkanes) is 4. The predicted octanol–water partition coefficient (Wildman–Crippen LogP) is 4.31. The van der Waals surface area contributed by atoms with E-state index in [4.69, 9.17) is 10.5 Å². The van der Waals surface area contributed by atoms with Crippen LogP contribution in [0.2, 0.25) is 0 Å². The van der Waals surface area contributed by atoms with Crippen LogP contribution in [-0.4, -0.2) is 57.5 Å². The van der Waals surface area contributed by atoms with Crippen molar-refractivity contribution in [2.45, 2.75) is 117 Å². The van der Waals surface area contributed by atoms with Gasteiger partial charge in [0.25, 0.3) is 0 Å². The number of nitrogens with one attached hydrogen (secondary N) is 2. The van der Waals surface area contributed by atoms with Crippen LogP contribution < -0.4 is 16.4 Å². The Labute approximate surface area is 233 Å². The first-order chi connectivity index (χ1) is 18.0. The molecular weight excluding hydrogens is 500 g/mol. The summed E-state index contributed by atoms with van der Waals surface area (Å²) >= 11 is 0. The van der Waals surface area contributed by atoms with Crippen molar-refractivity contribution in [3.8, 4) is 5.75 Å². The van der Waals surface area contributed by atoms with Gasteiger partial charge in [0.05, 0.1) is 0 Å². The Morgan fingerprint density at radius 2 is 1.67 bits per heavy atom. The first-order valence-corrected chi connectivity index (χ1v) is 13.7. The number of carbonyl (C=O) groups excluding carboxylic acids is 4. The number of phenolic OH excluding ortho intramolecular Hbond substituents is 1. The van der Waals surface area contributed by atoms with Gasteiger partial charge < -0.3 is 31.1 Å². The van der Waals surface area contributed by atoms with Gasteiger partial charge in [-0.05, 0) is 72.1 Å². The van der Waals surface area contributed by atoms with Gasteiger partial charge in [-0.2, -0.15) is 0 Å². The van der Waals surface area contributed by atoms with Crippen molar-refractivity contribution in [1.82, 2.24) is 15.5 Å². The number of primary amides is 1. The fourth-order valence-electron chi connectivity index (χ4n) is 4.05. The molecule has 0 aliphatic carbocycles. The van der Waals surface area contributed by atoms with Crippen LogP contribution in [-0.2, 0) is 19.1 Å². The third-order valence-corrected chi connectivity index (χ3v) is 5.70. The molecule has 0 saturated heterocycles. The first-order valence-electron chi connectivity index (χ1n) is 13.7. The van der Waals surface area contributed by atoms with Crippen LogP contribution in [0.15, 0.2) is 24.3 Å². The highest BCUT2D eigenvalue weighted by atomic mass is 16.6. The lowest BCUT2D eigenvalue weighted by atomic mass is 9.99. The third-order valence-electron chi connectivity index (χ3n) is 5.70. The zero-order valence-electron chi connectivity index (χ0n) is 24.6. The fraction of sp³-hybridized carbons (Fsp3) is 0.655. The van der Waals surface area contributed by atoms with Crippen LogP contribution >= 0.6 is 0 Å². The molecule has 0 heterocycles. The van der Waals surface area contributed by atoms with Gasteiger partial charge in [0.15, 0.2) is 0 Å². The summed E-state index contributed by atoms with van der Waals surface area (Å²) in [6, 6.07) is 3.96. The van der Waals surface area contributed by atoms with Crippen molar-refractivity contribution in [3.63, 3.8) is 0 Å². The van der Waals surface area contributed by atoms with Gasteiger partial charge >= 0.3 is 6.09 Å². The molecule has 10 heteroatoms. The van der Waals surface area contributed by atoms with Gasteiger partial charge in [-0.15, -0.1) is 0 Å². The summed E-state index contributed by atoms with van der Waals surface area (Å²) in [5, 5.41) is 15.7. The van der Waals surface area contributed by atoms with Crippen LogP contribution in [0.1, 0.15) is 105 Å². The fourth-order valence-corrected chi connectivity index (χ4v) is 4.05. The second-order valence-corrected chi connectivity index (χ2v) is 11.9. The minimum Gasteiger partial charge on any atom is -0.508 e. The monoisotopic (exact) mass is 548 g/mol. The van der Waals surface area contributed by atoms with Crippen molar-refractivity contribution >= 4 is 23.8 Å². The van der Waals surface area contributed by atoms with Crippen LogP contribution in [0, 0.1) is 0 Å². The number of alkyl carbamates (subject to hydrolysis) is 1. The lowest BCUT2D eigenvalue weighted by Gasteiger charge is -2.36. The molecule has 2 atom stereocenters. The first kappa shape index (κ1) is 33.7. The molecule has 0 fully saturated rings. The number of nitrogens with zero attached hydrogens (tertiary/aromatic N) is 1. The standard InChI is InChI=1S/C29H48N4O6/c1-8-9-10-11-12-18-33(24(25(36)32-28(2,3)4)20-14-13-15-21(34)19-20)26(37)22(16-17-23(30)35)31-27(38)39-29(5,6)7/h13-15,19,22,24,34H,8-12,16-18H2,1-7H3,(H2,30,35)(H,31,38)(H,32,36). The summed E-state index contributed by atoms with van der Waals surface area (Å²) < 4.78 is 5.36. The Kier molecular flexibility index (Phi) is 13.3. The largest absolute Gasteiger partial charge is 0.508 e. The summed E-state index contributed by atoms with van der Waals surface area (Å²) in [6.07, 6.45) is 3.52. The summed E-state index contributed by atoms with van der Waals surface area (Å²) in [5.74, 6) is -1.65. The second-order valence-electron chi connectivity index (χ2n) is 11.9. The number of aromatic hydroxyl groups is 1. The minimum atomic E-state index is -1.16. The molecule has 0 aliphatic rings. The molecule has 1 aromatic carbocycles. The van der Waals surface area contributed by atoms with E-state index in [9.17, 15) is 24.3 Å². The molecule has 0 aliphatic heterocycles. The summed E-state index contributed by atoms with van der Waals surface area (Å²) in [7, 11) is 0. The number of hydrogen-bond donors (Lipinski definition) is 4. The van der Waals surface area contributed by atoms with Crippen LogP contribution in [0.5, 0.6) is 5.75 Å². The Bertz CT molecular complexity index is 967. The van der Waals surface area contributed by atoms with Crippen molar-refractivity contribution in [1.29, 1.82) is 0 Å². The third kappa shape index (κ3) is 13.4. The molecule has 220 valence electrons. The Morgan fingerprint density at radius 3 is 2.21 bits per heavy atom. The average molecular weight is 549 g/mol. The van der Waals surface area contributed by atoms with Gasteiger partial charge in [0.2, 0.25) is 17.7 Å². The Balaban J connectivity index is 3.52. The molecule has 0 saturated carbocycles. The van der Waals surface area contributed by atoms with Gasteiger partial charge in [-0.3, -0.25) is 14.4 Å². The number of rotatable bonds is 14. The predicted molar refractivity (Wildman–Crippen MR) is 151 cm³/mol. The molecule has 1 rings (SSSR count). The minimum absolute atomic E-state index is 0.0476. The van der Waals surface area contributed by atoms with Gasteiger partial charge in [-0.1, -0.05) is 44.7 Å². The van der Waals surface area contributed by atoms with E-state index in [-0.39, 0.29) is 25.1 Å². The van der Waals surface area contributed by atoms with Crippen LogP contribution in [0.3, 0.4) is 0 Å². The highest BCUT2D eigenvalue weighted by Crippen LogP contribution is 2.27. The zero-order valence-corrected chi connectivity index (χ0v) is 24.6. The molecule has 0 bridgehead atoms. The summed E-state index contributed by atoms with van der Waals surface area (Å²) in [4.78, 5) is 53.5. The van der Waals surface area contributed by atoms with E-state index < -0.39 is 47.0 Å². The molecule has 5 N–H and O–H groups in total. The van der Waals surface area contributed by atoms with E-state index >= 15 is 0 Å². The van der Waals surface area contributed by atoms with Crippen molar-refractivity contribution in [3.05, 3.63) is 29.8 Å². The number of phenols is 1. The van der Waals surface area contributed by atoms with Crippen LogP contribution in [0.25, 0.3) is 0 Å². The lowest BCUT2D eigenvalue weighted by molar-refractivity contribution is -0.143. The van der Waals surface area contributed by atoms with Crippen molar-refractivity contribution in [2.75, 3.05) is 6.54 Å². The summed E-state index contributed by atoms with van der Waals surface area (Å²) in [5.41, 5.74) is 4.38. The molecule has 0 radical (unpaired) electrons. The number of ether oxygens (including phenoxy) is 1. The SMILES string of the molecule is CCCCCCCN(C(=O)C(CCC(N)=O)NC(=O)OC(C)(C)C)C(C(=O)NC(C)(C)C)c1cccc(O)c1. The number of carbonyl (C=O) groups is 4. The molecule has 1 aromatic rings. The van der Waals surface area contributed by atoms with Crippen molar-refractivity contribution < 1.29 is 29.0 Å². The lowest BCUT2D eigenvalue weighted by Crippen LogP contribution is -2.55. The molecular formula is C29H48N4O6. The van der Waals surface area contributed by atoms with E-state index in [1.807, 2.05) is 20.8 Å². The maximum Gasteiger partial charge on any atom is 0.408 e. The van der Waals surface area contributed by atoms with E-state index in [0.717, 1.165) is 25.7 Å². The molecule has 4 amide bonds. The number of nitrogens with two attached hydrogens (primary N) is 1. The number of amides is 4. The Hall–Kier alpha value is -3.30. The van der Waals surface area contributed by atoms with E-state index in [2.05, 4.69) is 17.6 Å². The number of hydrogen-bond acceptors (Lipinski definition) is 6. The van der Waals surface area contributed by atoms with E-state index in [1.54, 1.807) is 32.9 Å². The average Bonchev–Trinajstić information content (AvgIpc) is 2.78. The summed E-state index contributed by atoms with van der Waals surface area (Å²) in [6.45, 7) is 12.9. The molecule has 39 heavy (non-hydrogen) atoms. The molecule has 0 aromatic heterocycles. The van der Waals surface area contributed by atoms with E-state index in [1.165, 1.54) is 17.0 Å². The van der Waals surface area contributed by atoms with Gasteiger partial charge in [0.1, 0.15) is 23.4 Å². The maximum atomic E-state index is 14.1. The van der Waals surface area contributed by atoms with Crippen LogP contribution in [0.4, 0.5) is 4.79 Å². The molecule has 0 spiro atoms. The smallest absolute Gasteiger partial charge is 0.408 e. The van der Waals surface area contributed by atoms with Gasteiger partial charge in [-0.25, -0.2) is 4.79 Å². The maximum absolute atomic E-state index is 14.1. The Morgan fingerprint density at radius 1 is 1.03 bits per heavy atom. The van der Waals surface area contributed by atoms with Gasteiger partial charge in [0, 0.05) is 18.5 Å². The normalized spacial score (nSPS) is 13.2. The second kappa shape index (κ2) is 15.3. The zero-order chi connectivity index (χ0) is 29.8. The highest BCUT2D eigenvalue weighted by molar-refractivity contribution is 5.92. The molecule has 10 nitrogen and oxygen atoms in total. The van der Waals surface area contributed by atoms with Crippen molar-refractivity contribution in [2.24, 2.45) is 5.73 Å². The quantitative estimate of drug-likeness (QED) is 0.254. The highest BCUT2D eigenvalue weighted by Gasteiger charge is 2.37. The molecule has 2 unspecified atom stereocenters. The van der Waals surface area contributed by atoms with E-state index in [0.29, 0.717) is 12.0 Å². The number of benzene rings is 1. The topological polar surface area (TPSA) is 151 Å².